The maximum atomic E-state index is 11.4. The fraction of sp³-hybridized carbons (Fsp3) is 0.909. The molecular weight excluding hydrogens is 228 g/mol. The zero-order valence-electron chi connectivity index (χ0n) is 10.6. The fourth-order valence-corrected chi connectivity index (χ4v) is 1.54. The Labute approximate surface area is 104 Å². The van der Waals surface area contributed by atoms with Crippen LogP contribution < -0.4 is 10.6 Å². The van der Waals surface area contributed by atoms with Crippen molar-refractivity contribution in [1.82, 2.24) is 10.6 Å². The Morgan fingerprint density at radius 1 is 1.31 bits per heavy atom. The van der Waals surface area contributed by atoms with Gasteiger partial charge in [-0.05, 0) is 40.7 Å². The van der Waals surface area contributed by atoms with Crippen molar-refractivity contribution in [2.75, 3.05) is 20.1 Å². The summed E-state index contributed by atoms with van der Waals surface area (Å²) in [4.78, 5) is 11.4. The summed E-state index contributed by atoms with van der Waals surface area (Å²) in [5, 5.41) is 5.98. The molecule has 1 aliphatic rings. The van der Waals surface area contributed by atoms with Gasteiger partial charge in [-0.2, -0.15) is 0 Å². The number of nitrogens with one attached hydrogen (secondary N) is 2. The summed E-state index contributed by atoms with van der Waals surface area (Å²) in [5.74, 6) is 0. The fourth-order valence-electron chi connectivity index (χ4n) is 1.54. The maximum absolute atomic E-state index is 11.4. The van der Waals surface area contributed by atoms with Crippen LogP contribution in [0.3, 0.4) is 0 Å². The van der Waals surface area contributed by atoms with Gasteiger partial charge in [-0.25, -0.2) is 4.79 Å². The van der Waals surface area contributed by atoms with Gasteiger partial charge >= 0.3 is 6.09 Å². The van der Waals surface area contributed by atoms with Crippen molar-refractivity contribution in [3.63, 3.8) is 0 Å². The first-order chi connectivity index (χ1) is 6.87. The number of carbonyl (C=O) groups is 1. The first-order valence-corrected chi connectivity index (χ1v) is 5.48. The maximum Gasteiger partial charge on any atom is 0.407 e. The van der Waals surface area contributed by atoms with Crippen LogP contribution in [-0.4, -0.2) is 31.8 Å². The summed E-state index contributed by atoms with van der Waals surface area (Å²) >= 11 is 0. The van der Waals surface area contributed by atoms with Crippen LogP contribution in [0.4, 0.5) is 4.79 Å². The van der Waals surface area contributed by atoms with Crippen molar-refractivity contribution in [1.29, 1.82) is 0 Å². The van der Waals surface area contributed by atoms with E-state index < -0.39 is 5.60 Å². The minimum atomic E-state index is -0.413. The normalized spacial score (nSPS) is 17.2. The third kappa shape index (κ3) is 5.56. The highest BCUT2D eigenvalue weighted by Gasteiger charge is 2.42. The van der Waals surface area contributed by atoms with Crippen LogP contribution in [0.2, 0.25) is 0 Å². The van der Waals surface area contributed by atoms with Crippen molar-refractivity contribution in [3.05, 3.63) is 0 Å². The Balaban J connectivity index is 0.00000225. The van der Waals surface area contributed by atoms with Gasteiger partial charge in [0.1, 0.15) is 5.60 Å². The molecular formula is C11H23ClN2O2. The smallest absolute Gasteiger partial charge is 0.407 e. The summed E-state index contributed by atoms with van der Waals surface area (Å²) in [6.07, 6.45) is 2.05. The number of hydrogen-bond acceptors (Lipinski definition) is 3. The molecule has 0 spiro atoms. The first-order valence-electron chi connectivity index (χ1n) is 5.48. The van der Waals surface area contributed by atoms with E-state index in [1.165, 1.54) is 12.8 Å². The molecule has 0 aromatic heterocycles. The zero-order valence-corrected chi connectivity index (χ0v) is 11.4. The van der Waals surface area contributed by atoms with E-state index in [4.69, 9.17) is 4.74 Å². The molecule has 0 heterocycles. The van der Waals surface area contributed by atoms with Crippen LogP contribution in [0.15, 0.2) is 0 Å². The highest BCUT2D eigenvalue weighted by molar-refractivity contribution is 5.85. The highest BCUT2D eigenvalue weighted by atomic mass is 35.5. The van der Waals surface area contributed by atoms with Gasteiger partial charge in [0.2, 0.25) is 0 Å². The van der Waals surface area contributed by atoms with E-state index in [-0.39, 0.29) is 23.9 Å². The standard InChI is InChI=1S/C11H22N2O2.ClH/c1-10(2,3)15-9(14)13-8-11(5-6-11)7-12-4;/h12H,5-8H2,1-4H3,(H,13,14);1H. The van der Waals surface area contributed by atoms with Crippen LogP contribution in [-0.2, 0) is 4.74 Å². The third-order valence-electron chi connectivity index (χ3n) is 2.52. The second kappa shape index (κ2) is 5.73. The van der Waals surface area contributed by atoms with Gasteiger partial charge in [0.25, 0.3) is 0 Å². The van der Waals surface area contributed by atoms with E-state index in [2.05, 4.69) is 10.6 Å². The molecule has 1 saturated carbocycles. The Kier molecular flexibility index (Phi) is 5.56. The van der Waals surface area contributed by atoms with Gasteiger partial charge in [-0.1, -0.05) is 0 Å². The van der Waals surface area contributed by atoms with Gasteiger partial charge in [0, 0.05) is 18.5 Å². The predicted molar refractivity (Wildman–Crippen MR) is 67.1 cm³/mol. The van der Waals surface area contributed by atoms with Crippen LogP contribution in [0.5, 0.6) is 0 Å². The monoisotopic (exact) mass is 250 g/mol. The Hall–Kier alpha value is -0.480. The van der Waals surface area contributed by atoms with Crippen molar-refractivity contribution in [3.8, 4) is 0 Å². The Morgan fingerprint density at radius 3 is 2.25 bits per heavy atom. The van der Waals surface area contributed by atoms with Crippen LogP contribution in [0.25, 0.3) is 0 Å². The molecule has 1 aliphatic carbocycles. The Bertz CT molecular complexity index is 235. The number of amides is 1. The minimum absolute atomic E-state index is 0. The largest absolute Gasteiger partial charge is 0.444 e. The lowest BCUT2D eigenvalue weighted by Crippen LogP contribution is -2.38. The second-order valence-corrected chi connectivity index (χ2v) is 5.39. The van der Waals surface area contributed by atoms with E-state index in [1.807, 2.05) is 27.8 Å². The molecule has 0 saturated heterocycles. The molecule has 1 amide bonds. The van der Waals surface area contributed by atoms with Gasteiger partial charge in [-0.3, -0.25) is 0 Å². The number of alkyl carbamates (subject to hydrolysis) is 1. The lowest BCUT2D eigenvalue weighted by Gasteiger charge is -2.21. The van der Waals surface area contributed by atoms with E-state index in [0.29, 0.717) is 6.54 Å². The average molecular weight is 251 g/mol. The number of carbonyl (C=O) groups excluding carboxylic acids is 1. The molecule has 0 radical (unpaired) electrons. The summed E-state index contributed by atoms with van der Waals surface area (Å²) in [6.45, 7) is 7.28. The lowest BCUT2D eigenvalue weighted by molar-refractivity contribution is 0.0516. The summed E-state index contributed by atoms with van der Waals surface area (Å²) in [7, 11) is 1.94. The van der Waals surface area contributed by atoms with Crippen molar-refractivity contribution in [2.24, 2.45) is 5.41 Å². The SMILES string of the molecule is CNCC1(CNC(=O)OC(C)(C)C)CC1.Cl. The molecule has 1 fully saturated rings. The molecule has 0 aromatic carbocycles. The van der Waals surface area contributed by atoms with E-state index in [1.54, 1.807) is 0 Å². The topological polar surface area (TPSA) is 50.4 Å². The van der Waals surface area contributed by atoms with Gasteiger partial charge in [-0.15, -0.1) is 12.4 Å². The molecule has 0 bridgehead atoms. The predicted octanol–water partition coefficient (Wildman–Crippen LogP) is 1.93. The number of ether oxygens (including phenoxy) is 1. The number of hydrogen-bond donors (Lipinski definition) is 2. The molecule has 0 aliphatic heterocycles. The second-order valence-electron chi connectivity index (χ2n) is 5.39. The number of halogens is 1. The lowest BCUT2D eigenvalue weighted by atomic mass is 10.1. The third-order valence-corrected chi connectivity index (χ3v) is 2.52. The molecule has 4 nitrogen and oxygen atoms in total. The molecule has 0 unspecified atom stereocenters. The number of rotatable bonds is 4. The summed E-state index contributed by atoms with van der Waals surface area (Å²) in [5.41, 5.74) is -0.130. The summed E-state index contributed by atoms with van der Waals surface area (Å²) < 4.78 is 5.17. The van der Waals surface area contributed by atoms with Gasteiger partial charge < -0.3 is 15.4 Å². The van der Waals surface area contributed by atoms with Crippen molar-refractivity contribution >= 4 is 18.5 Å². The molecule has 0 atom stereocenters. The van der Waals surface area contributed by atoms with Gasteiger partial charge in [0.05, 0.1) is 0 Å². The first kappa shape index (κ1) is 15.5. The molecule has 0 aromatic rings. The molecule has 2 N–H and O–H groups in total. The summed E-state index contributed by atoms with van der Waals surface area (Å²) in [6, 6.07) is 0. The van der Waals surface area contributed by atoms with Crippen LogP contribution in [0.1, 0.15) is 33.6 Å². The molecule has 16 heavy (non-hydrogen) atoms. The van der Waals surface area contributed by atoms with Crippen LogP contribution >= 0.6 is 12.4 Å². The molecule has 96 valence electrons. The molecule has 5 heteroatoms. The average Bonchev–Trinajstić information content (AvgIpc) is 2.80. The zero-order chi connectivity index (χ0) is 11.5. The highest BCUT2D eigenvalue weighted by Crippen LogP contribution is 2.44. The van der Waals surface area contributed by atoms with E-state index >= 15 is 0 Å². The molecule has 1 rings (SSSR count). The van der Waals surface area contributed by atoms with Crippen molar-refractivity contribution < 1.29 is 9.53 Å². The van der Waals surface area contributed by atoms with E-state index in [0.717, 1.165) is 6.54 Å². The minimum Gasteiger partial charge on any atom is -0.444 e. The van der Waals surface area contributed by atoms with Gasteiger partial charge in [0.15, 0.2) is 0 Å². The Morgan fingerprint density at radius 2 is 1.88 bits per heavy atom. The quantitative estimate of drug-likeness (QED) is 0.802. The van der Waals surface area contributed by atoms with E-state index in [9.17, 15) is 4.79 Å². The van der Waals surface area contributed by atoms with Crippen molar-refractivity contribution in [2.45, 2.75) is 39.2 Å². The van der Waals surface area contributed by atoms with Crippen LogP contribution in [0, 0.1) is 5.41 Å².